The summed E-state index contributed by atoms with van der Waals surface area (Å²) < 4.78 is 7.62. The van der Waals surface area contributed by atoms with Crippen molar-refractivity contribution in [2.45, 2.75) is 104 Å². The lowest BCUT2D eigenvalue weighted by Gasteiger charge is -2.38. The summed E-state index contributed by atoms with van der Waals surface area (Å²) in [6, 6.07) is 16.7. The van der Waals surface area contributed by atoms with E-state index in [0.29, 0.717) is 30.8 Å². The van der Waals surface area contributed by atoms with Crippen molar-refractivity contribution in [3.63, 3.8) is 0 Å². The molecule has 58 heavy (non-hydrogen) atoms. The molecule has 1 saturated carbocycles. The van der Waals surface area contributed by atoms with Crippen LogP contribution in [0.4, 0.5) is 17.2 Å². The molecular formula is C46H56N8O4. The van der Waals surface area contributed by atoms with E-state index in [9.17, 15) is 14.7 Å². The molecule has 5 heterocycles. The SMILES string of the molecule is Cc1c(NC(=O)c2nc3c(n2C)CCN(C2CCC(C(=O)OC(C)(C)C)CC2)C3)cccc1-c1cccc(Nc2nccc3cc(CN4CCC(O)C4)cnc23)c1C. The number of nitrogens with one attached hydrogen (secondary N) is 2. The number of imidazole rings is 1. The Morgan fingerprint density at radius 2 is 1.66 bits per heavy atom. The van der Waals surface area contributed by atoms with Crippen LogP contribution in [-0.2, 0) is 36.1 Å². The predicted molar refractivity (Wildman–Crippen MR) is 227 cm³/mol. The molecule has 12 heteroatoms. The minimum absolute atomic E-state index is 0.0330. The highest BCUT2D eigenvalue weighted by atomic mass is 16.6. The number of benzene rings is 2. The number of β-amino-alcohol motifs (C(OH)–C–C–N with tert-alkyl or cyclic N) is 1. The molecule has 3 aromatic heterocycles. The number of ether oxygens (including phenoxy) is 1. The van der Waals surface area contributed by atoms with Crippen molar-refractivity contribution in [2.24, 2.45) is 13.0 Å². The van der Waals surface area contributed by atoms with E-state index < -0.39 is 5.60 Å². The lowest BCUT2D eigenvalue weighted by Crippen LogP contribution is -2.42. The summed E-state index contributed by atoms with van der Waals surface area (Å²) >= 11 is 0. The van der Waals surface area contributed by atoms with Crippen LogP contribution in [0.5, 0.6) is 0 Å². The van der Waals surface area contributed by atoms with Gasteiger partial charge in [-0.15, -0.1) is 0 Å². The summed E-state index contributed by atoms with van der Waals surface area (Å²) in [6.45, 7) is 13.9. The quantitative estimate of drug-likeness (QED) is 0.129. The summed E-state index contributed by atoms with van der Waals surface area (Å²) in [4.78, 5) is 45.7. The van der Waals surface area contributed by atoms with Crippen LogP contribution in [-0.4, -0.2) is 83.7 Å². The van der Waals surface area contributed by atoms with Gasteiger partial charge in [0, 0.05) is 87.1 Å². The van der Waals surface area contributed by atoms with Crippen LogP contribution in [0.15, 0.2) is 60.9 Å². The molecule has 5 aromatic rings. The Bertz CT molecular complexity index is 2340. The average Bonchev–Trinajstić information content (AvgIpc) is 3.77. The molecule has 3 aliphatic rings. The molecule has 1 saturated heterocycles. The van der Waals surface area contributed by atoms with E-state index >= 15 is 0 Å². The summed E-state index contributed by atoms with van der Waals surface area (Å²) in [5, 5.41) is 17.7. The fraction of sp³-hybridized carbons (Fsp3) is 0.457. The van der Waals surface area contributed by atoms with Gasteiger partial charge >= 0.3 is 5.97 Å². The van der Waals surface area contributed by atoms with E-state index in [-0.39, 0.29) is 23.9 Å². The number of nitrogens with zero attached hydrogens (tertiary/aromatic N) is 6. The molecule has 2 aromatic carbocycles. The number of anilines is 3. The molecule has 0 radical (unpaired) electrons. The fourth-order valence-electron chi connectivity index (χ4n) is 9.05. The van der Waals surface area contributed by atoms with E-state index in [1.165, 1.54) is 0 Å². The normalized spacial score (nSPS) is 20.2. The number of pyridine rings is 2. The molecule has 0 spiro atoms. The first kappa shape index (κ1) is 39.6. The number of amides is 1. The number of likely N-dealkylation sites (tertiary alicyclic amines) is 1. The largest absolute Gasteiger partial charge is 0.460 e. The maximum absolute atomic E-state index is 13.9. The number of hydrogen-bond donors (Lipinski definition) is 3. The molecule has 2 aliphatic heterocycles. The molecule has 1 unspecified atom stereocenters. The Balaban J connectivity index is 0.944. The van der Waals surface area contributed by atoms with Crippen molar-refractivity contribution in [1.29, 1.82) is 0 Å². The monoisotopic (exact) mass is 784 g/mol. The Kier molecular flexibility index (Phi) is 11.1. The molecule has 8 rings (SSSR count). The topological polar surface area (TPSA) is 138 Å². The van der Waals surface area contributed by atoms with Gasteiger partial charge < -0.3 is 25.0 Å². The van der Waals surface area contributed by atoms with Crippen molar-refractivity contribution in [1.82, 2.24) is 29.3 Å². The Morgan fingerprint density at radius 1 is 0.931 bits per heavy atom. The summed E-state index contributed by atoms with van der Waals surface area (Å²) in [7, 11) is 1.94. The predicted octanol–water partition coefficient (Wildman–Crippen LogP) is 7.47. The third kappa shape index (κ3) is 8.37. The van der Waals surface area contributed by atoms with Gasteiger partial charge in [0.15, 0.2) is 11.6 Å². The van der Waals surface area contributed by atoms with Crippen LogP contribution in [0.2, 0.25) is 0 Å². The zero-order valence-corrected chi connectivity index (χ0v) is 34.6. The van der Waals surface area contributed by atoms with Crippen molar-refractivity contribution >= 4 is 40.0 Å². The number of aliphatic hydroxyl groups is 1. The minimum Gasteiger partial charge on any atom is -0.460 e. The maximum atomic E-state index is 13.9. The number of esters is 1. The Labute approximate surface area is 341 Å². The number of carbonyl (C=O) groups excluding carboxylic acids is 2. The molecule has 1 atom stereocenters. The van der Waals surface area contributed by atoms with E-state index in [1.54, 1.807) is 6.20 Å². The van der Waals surface area contributed by atoms with Crippen LogP contribution in [0.25, 0.3) is 22.0 Å². The van der Waals surface area contributed by atoms with E-state index in [1.807, 2.05) is 75.8 Å². The van der Waals surface area contributed by atoms with E-state index in [2.05, 4.69) is 50.5 Å². The summed E-state index contributed by atoms with van der Waals surface area (Å²) in [5.74, 6) is 0.751. The smallest absolute Gasteiger partial charge is 0.309 e. The average molecular weight is 785 g/mol. The van der Waals surface area contributed by atoms with Gasteiger partial charge in [-0.1, -0.05) is 24.3 Å². The molecule has 12 nitrogen and oxygen atoms in total. The van der Waals surface area contributed by atoms with Gasteiger partial charge in [-0.25, -0.2) is 9.97 Å². The van der Waals surface area contributed by atoms with Crippen LogP contribution < -0.4 is 10.6 Å². The molecule has 2 fully saturated rings. The fourth-order valence-corrected chi connectivity index (χ4v) is 9.05. The number of fused-ring (bicyclic) bond motifs is 2. The van der Waals surface area contributed by atoms with Crippen LogP contribution >= 0.6 is 0 Å². The van der Waals surface area contributed by atoms with E-state index in [0.717, 1.165) is 120 Å². The van der Waals surface area contributed by atoms with Crippen molar-refractivity contribution < 1.29 is 19.4 Å². The lowest BCUT2D eigenvalue weighted by atomic mass is 9.84. The van der Waals surface area contributed by atoms with Gasteiger partial charge in [0.1, 0.15) is 11.1 Å². The van der Waals surface area contributed by atoms with Crippen molar-refractivity contribution in [2.75, 3.05) is 30.3 Å². The van der Waals surface area contributed by atoms with Gasteiger partial charge in [-0.2, -0.15) is 0 Å². The summed E-state index contributed by atoms with van der Waals surface area (Å²) in [6.07, 6.45) is 8.69. The first-order valence-corrected chi connectivity index (χ1v) is 20.7. The first-order valence-electron chi connectivity index (χ1n) is 20.7. The third-order valence-corrected chi connectivity index (χ3v) is 12.2. The van der Waals surface area contributed by atoms with Gasteiger partial charge in [-0.05, 0) is 119 Å². The highest BCUT2D eigenvalue weighted by Crippen LogP contribution is 2.36. The Hall–Kier alpha value is -5.17. The first-order chi connectivity index (χ1) is 27.8. The number of aliphatic hydroxyl groups excluding tert-OH is 1. The van der Waals surface area contributed by atoms with Gasteiger partial charge in [0.2, 0.25) is 0 Å². The molecular weight excluding hydrogens is 729 g/mol. The second-order valence-corrected chi connectivity index (χ2v) is 17.4. The zero-order chi connectivity index (χ0) is 40.7. The molecule has 0 bridgehead atoms. The van der Waals surface area contributed by atoms with Gasteiger partial charge in [0.05, 0.1) is 17.7 Å². The molecule has 1 amide bonds. The number of aromatic nitrogens is 4. The summed E-state index contributed by atoms with van der Waals surface area (Å²) in [5.41, 5.74) is 9.26. The second kappa shape index (κ2) is 16.2. The Morgan fingerprint density at radius 3 is 2.36 bits per heavy atom. The number of carbonyl (C=O) groups is 2. The minimum atomic E-state index is -0.465. The van der Waals surface area contributed by atoms with Gasteiger partial charge in [-0.3, -0.25) is 24.4 Å². The molecule has 1 aliphatic carbocycles. The van der Waals surface area contributed by atoms with Crippen LogP contribution in [0.3, 0.4) is 0 Å². The molecule has 304 valence electrons. The second-order valence-electron chi connectivity index (χ2n) is 17.4. The standard InChI is InChI=1S/C46H56N8O4/c1-28-35(9-7-11-37(28)49-42-41-32(17-20-47-42)23-30(24-48-41)25-53-21-18-34(55)26-53)36-10-8-12-38(29(36)2)51-44(56)43-50-39-27-54(22-19-40(39)52(43)6)33-15-13-31(14-16-33)45(57)58-46(3,4)5/h7-12,17,20,23-24,31,33-34,55H,13-16,18-19,21-22,25-27H2,1-6H3,(H,47,49)(H,51,56). The van der Waals surface area contributed by atoms with Crippen molar-refractivity contribution in [3.05, 3.63) is 94.8 Å². The van der Waals surface area contributed by atoms with Crippen LogP contribution in [0.1, 0.15) is 91.6 Å². The van der Waals surface area contributed by atoms with E-state index in [4.69, 9.17) is 14.7 Å². The lowest BCUT2D eigenvalue weighted by molar-refractivity contribution is -0.161. The number of rotatable bonds is 9. The molecule has 3 N–H and O–H groups in total. The third-order valence-electron chi connectivity index (χ3n) is 12.2. The van der Waals surface area contributed by atoms with Crippen LogP contribution in [0, 0.1) is 19.8 Å². The zero-order valence-electron chi connectivity index (χ0n) is 34.6. The maximum Gasteiger partial charge on any atom is 0.309 e. The van der Waals surface area contributed by atoms with Gasteiger partial charge in [0.25, 0.3) is 5.91 Å². The van der Waals surface area contributed by atoms with Crippen molar-refractivity contribution in [3.8, 4) is 11.1 Å². The highest BCUT2D eigenvalue weighted by Gasteiger charge is 2.35. The highest BCUT2D eigenvalue weighted by molar-refractivity contribution is 6.03. The number of hydrogen-bond acceptors (Lipinski definition) is 10.